The van der Waals surface area contributed by atoms with Crippen LogP contribution in [0.15, 0.2) is 43.0 Å². The zero-order valence-electron chi connectivity index (χ0n) is 20.6. The second kappa shape index (κ2) is 13.2. The summed E-state index contributed by atoms with van der Waals surface area (Å²) in [6, 6.07) is 1.39. The van der Waals surface area contributed by atoms with Crippen molar-refractivity contribution in [2.45, 2.75) is 43.4 Å². The van der Waals surface area contributed by atoms with E-state index in [1.165, 1.54) is 12.5 Å². The monoisotopic (exact) mass is 543 g/mol. The number of amides is 3. The van der Waals surface area contributed by atoms with Crippen LogP contribution in [0.1, 0.15) is 17.7 Å². The third kappa shape index (κ3) is 7.86. The van der Waals surface area contributed by atoms with E-state index in [9.17, 15) is 34.2 Å². The molecule has 4 atom stereocenters. The van der Waals surface area contributed by atoms with E-state index in [1.54, 1.807) is 30.5 Å². The smallest absolute Gasteiger partial charge is 0.326 e. The van der Waals surface area contributed by atoms with Gasteiger partial charge in [-0.1, -0.05) is 18.2 Å². The molecule has 15 nitrogen and oxygen atoms in total. The highest BCUT2D eigenvalue weighted by molar-refractivity contribution is 5.96. The van der Waals surface area contributed by atoms with Gasteiger partial charge in [-0.3, -0.25) is 19.2 Å². The molecule has 0 saturated carbocycles. The van der Waals surface area contributed by atoms with Crippen LogP contribution in [0.4, 0.5) is 0 Å². The molecule has 3 amide bonds. The molecule has 1 aromatic carbocycles. The minimum absolute atomic E-state index is 0.115. The van der Waals surface area contributed by atoms with E-state index in [2.05, 4.69) is 30.9 Å². The summed E-state index contributed by atoms with van der Waals surface area (Å²) in [5, 5.41) is 35.9. The summed E-state index contributed by atoms with van der Waals surface area (Å²) in [5.74, 6) is -5.64. The molecule has 0 bridgehead atoms. The summed E-state index contributed by atoms with van der Waals surface area (Å²) in [4.78, 5) is 71.3. The van der Waals surface area contributed by atoms with Crippen molar-refractivity contribution in [2.75, 3.05) is 6.61 Å². The SMILES string of the molecule is NC(CO)C(=O)NC(Cc1cnc[nH]1)C(=O)NC(CC(=O)O)C(=O)NC(Cc1c[nH]c2ccccc12)C(=O)O. The fraction of sp³-hybridized carbons (Fsp3) is 0.333. The molecule has 0 fully saturated rings. The first-order chi connectivity index (χ1) is 18.6. The van der Waals surface area contributed by atoms with Crippen molar-refractivity contribution in [1.82, 2.24) is 30.9 Å². The van der Waals surface area contributed by atoms with Gasteiger partial charge in [0.2, 0.25) is 17.7 Å². The Bertz CT molecular complexity index is 1320. The first-order valence-electron chi connectivity index (χ1n) is 11.8. The number of carbonyl (C=O) groups is 5. The maximum Gasteiger partial charge on any atom is 0.326 e. The normalized spacial score (nSPS) is 14.1. The number of aromatic nitrogens is 3. The van der Waals surface area contributed by atoms with Crippen LogP contribution in [0.2, 0.25) is 0 Å². The van der Waals surface area contributed by atoms with Crippen LogP contribution in [-0.2, 0) is 36.8 Å². The molecular formula is C24H29N7O8. The number of aliphatic hydroxyl groups excluding tert-OH is 1. The number of hydrogen-bond acceptors (Lipinski definition) is 8. The molecule has 0 spiro atoms. The number of fused-ring (bicyclic) bond motifs is 1. The fourth-order valence-electron chi connectivity index (χ4n) is 3.84. The zero-order chi connectivity index (χ0) is 28.5. The molecule has 15 heteroatoms. The Hall–Kier alpha value is -4.76. The van der Waals surface area contributed by atoms with Crippen molar-refractivity contribution in [1.29, 1.82) is 0 Å². The molecule has 4 unspecified atom stereocenters. The number of H-pyrrole nitrogens is 2. The molecule has 39 heavy (non-hydrogen) atoms. The first-order valence-corrected chi connectivity index (χ1v) is 11.8. The van der Waals surface area contributed by atoms with E-state index >= 15 is 0 Å². The quantitative estimate of drug-likeness (QED) is 0.108. The van der Waals surface area contributed by atoms with Crippen LogP contribution in [0.3, 0.4) is 0 Å². The lowest BCUT2D eigenvalue weighted by molar-refractivity contribution is -0.143. The molecular weight excluding hydrogens is 514 g/mol. The number of imidazole rings is 1. The summed E-state index contributed by atoms with van der Waals surface area (Å²) in [6.07, 6.45) is 3.24. The molecule has 3 rings (SSSR count). The Balaban J connectivity index is 1.76. The number of benzene rings is 1. The van der Waals surface area contributed by atoms with Crippen molar-refractivity contribution in [3.05, 3.63) is 54.2 Å². The Morgan fingerprint density at radius 3 is 2.21 bits per heavy atom. The molecule has 0 aliphatic heterocycles. The van der Waals surface area contributed by atoms with E-state index in [1.807, 2.05) is 0 Å². The average molecular weight is 544 g/mol. The van der Waals surface area contributed by atoms with Crippen LogP contribution in [-0.4, -0.2) is 90.7 Å². The summed E-state index contributed by atoms with van der Waals surface area (Å²) >= 11 is 0. The summed E-state index contributed by atoms with van der Waals surface area (Å²) < 4.78 is 0. The molecule has 2 aromatic heterocycles. The van der Waals surface area contributed by atoms with Gasteiger partial charge in [-0.2, -0.15) is 0 Å². The molecule has 208 valence electrons. The topological polar surface area (TPSA) is 253 Å². The second-order valence-corrected chi connectivity index (χ2v) is 8.75. The Labute approximate surface area is 221 Å². The van der Waals surface area contributed by atoms with Gasteiger partial charge >= 0.3 is 11.9 Å². The van der Waals surface area contributed by atoms with Crippen molar-refractivity contribution in [3.8, 4) is 0 Å². The Kier molecular flexibility index (Phi) is 9.72. The number of carboxylic acid groups (broad SMARTS) is 2. The lowest BCUT2D eigenvalue weighted by atomic mass is 10.0. The number of aliphatic carboxylic acids is 2. The lowest BCUT2D eigenvalue weighted by Crippen LogP contribution is -2.58. The van der Waals surface area contributed by atoms with E-state index in [0.717, 1.165) is 10.9 Å². The van der Waals surface area contributed by atoms with Gasteiger partial charge in [0.15, 0.2) is 0 Å². The largest absolute Gasteiger partial charge is 0.481 e. The van der Waals surface area contributed by atoms with Crippen LogP contribution >= 0.6 is 0 Å². The predicted octanol–water partition coefficient (Wildman–Crippen LogP) is -1.99. The molecule has 0 aliphatic rings. The van der Waals surface area contributed by atoms with E-state index in [-0.39, 0.29) is 12.8 Å². The van der Waals surface area contributed by atoms with Gasteiger partial charge in [-0.05, 0) is 11.6 Å². The maximum absolute atomic E-state index is 13.1. The second-order valence-electron chi connectivity index (χ2n) is 8.75. The number of nitrogens with two attached hydrogens (primary N) is 1. The number of para-hydroxylation sites is 1. The average Bonchev–Trinajstić information content (AvgIpc) is 3.56. The van der Waals surface area contributed by atoms with Crippen molar-refractivity contribution in [3.63, 3.8) is 0 Å². The van der Waals surface area contributed by atoms with E-state index in [0.29, 0.717) is 11.3 Å². The number of carbonyl (C=O) groups excluding carboxylic acids is 3. The third-order valence-electron chi connectivity index (χ3n) is 5.87. The van der Waals surface area contributed by atoms with Crippen molar-refractivity contribution >= 4 is 40.6 Å². The molecule has 0 aliphatic carbocycles. The van der Waals surface area contributed by atoms with Crippen LogP contribution < -0.4 is 21.7 Å². The van der Waals surface area contributed by atoms with Gasteiger partial charge < -0.3 is 47.0 Å². The highest BCUT2D eigenvalue weighted by Crippen LogP contribution is 2.19. The number of nitrogens with one attached hydrogen (secondary N) is 5. The highest BCUT2D eigenvalue weighted by Gasteiger charge is 2.32. The van der Waals surface area contributed by atoms with Crippen molar-refractivity contribution < 1.29 is 39.3 Å². The zero-order valence-corrected chi connectivity index (χ0v) is 20.6. The summed E-state index contributed by atoms with van der Waals surface area (Å²) in [7, 11) is 0. The number of nitrogens with zero attached hydrogens (tertiary/aromatic N) is 1. The Morgan fingerprint density at radius 1 is 0.897 bits per heavy atom. The Morgan fingerprint density at radius 2 is 1.56 bits per heavy atom. The summed E-state index contributed by atoms with van der Waals surface area (Å²) in [6.45, 7) is -0.693. The van der Waals surface area contributed by atoms with Crippen LogP contribution in [0.5, 0.6) is 0 Å². The summed E-state index contributed by atoms with van der Waals surface area (Å²) in [5.41, 5.74) is 7.32. The number of rotatable bonds is 14. The molecule has 10 N–H and O–H groups in total. The molecule has 3 aromatic rings. The standard InChI is InChI=1S/C24H29N7O8/c25-15(10-32)21(35)29-17(6-13-9-26-11-28-13)22(36)30-18(7-20(33)34)23(37)31-19(24(38)39)5-12-8-27-16-4-2-1-3-14(12)16/h1-4,8-9,11,15,17-19,27,32H,5-7,10,25H2,(H,26,28)(H,29,35)(H,30,36)(H,31,37)(H,33,34)(H,38,39). The van der Waals surface area contributed by atoms with Gasteiger partial charge in [0.05, 0.1) is 19.4 Å². The van der Waals surface area contributed by atoms with Crippen molar-refractivity contribution in [2.24, 2.45) is 5.73 Å². The highest BCUT2D eigenvalue weighted by atomic mass is 16.4. The fourth-order valence-corrected chi connectivity index (χ4v) is 3.84. The number of carboxylic acids is 2. The van der Waals surface area contributed by atoms with Gasteiger partial charge in [0, 0.05) is 41.8 Å². The van der Waals surface area contributed by atoms with Gasteiger partial charge in [0.1, 0.15) is 24.2 Å². The number of hydrogen-bond donors (Lipinski definition) is 9. The van der Waals surface area contributed by atoms with Gasteiger partial charge in [-0.15, -0.1) is 0 Å². The third-order valence-corrected chi connectivity index (χ3v) is 5.87. The van der Waals surface area contributed by atoms with Crippen LogP contribution in [0, 0.1) is 0 Å². The maximum atomic E-state index is 13.1. The number of aliphatic hydroxyl groups is 1. The minimum atomic E-state index is -1.67. The molecule has 0 radical (unpaired) electrons. The molecule has 2 heterocycles. The van der Waals surface area contributed by atoms with E-state index in [4.69, 9.17) is 10.8 Å². The molecule has 0 saturated heterocycles. The van der Waals surface area contributed by atoms with Gasteiger partial charge in [-0.25, -0.2) is 9.78 Å². The predicted molar refractivity (Wildman–Crippen MR) is 135 cm³/mol. The lowest BCUT2D eigenvalue weighted by Gasteiger charge is -2.24. The van der Waals surface area contributed by atoms with E-state index < -0.39 is 66.9 Å². The minimum Gasteiger partial charge on any atom is -0.481 e. The van der Waals surface area contributed by atoms with Gasteiger partial charge in [0.25, 0.3) is 0 Å². The number of aromatic amines is 2. The first kappa shape index (κ1) is 28.8. The van der Waals surface area contributed by atoms with Crippen LogP contribution in [0.25, 0.3) is 10.9 Å².